The number of halogens is 1. The highest BCUT2D eigenvalue weighted by atomic mass is 35.5. The summed E-state index contributed by atoms with van der Waals surface area (Å²) in [5.41, 5.74) is 7.18. The summed E-state index contributed by atoms with van der Waals surface area (Å²) in [5.74, 6) is 0.969. The molecule has 0 saturated heterocycles. The van der Waals surface area contributed by atoms with Gasteiger partial charge in [-0.3, -0.25) is 4.98 Å². The van der Waals surface area contributed by atoms with Crippen LogP contribution in [-0.4, -0.2) is 17.1 Å². The standard InChI is InChI=1S/C11H10ClN3O/c1-16-9-6-7(2-3-8(9)12)10-11(13)15-5-4-14-10/h2-6H,1H3,(H2,13,15). The topological polar surface area (TPSA) is 61.0 Å². The second-order valence-electron chi connectivity index (χ2n) is 3.14. The Hall–Kier alpha value is -1.81. The summed E-state index contributed by atoms with van der Waals surface area (Å²) < 4.78 is 5.13. The molecule has 5 heteroatoms. The molecule has 0 saturated carbocycles. The van der Waals surface area contributed by atoms with Crippen molar-refractivity contribution in [3.05, 3.63) is 35.6 Å². The largest absolute Gasteiger partial charge is 0.495 e. The number of hydrogen-bond donors (Lipinski definition) is 1. The minimum atomic E-state index is 0.381. The van der Waals surface area contributed by atoms with E-state index in [0.29, 0.717) is 22.3 Å². The van der Waals surface area contributed by atoms with Crippen LogP contribution in [0.5, 0.6) is 5.75 Å². The normalized spacial score (nSPS) is 10.1. The smallest absolute Gasteiger partial charge is 0.149 e. The molecule has 4 nitrogen and oxygen atoms in total. The van der Waals surface area contributed by atoms with Crippen LogP contribution >= 0.6 is 11.6 Å². The number of methoxy groups -OCH3 is 1. The van der Waals surface area contributed by atoms with E-state index in [2.05, 4.69) is 9.97 Å². The predicted octanol–water partition coefficient (Wildman–Crippen LogP) is 2.39. The van der Waals surface area contributed by atoms with E-state index in [1.807, 2.05) is 6.07 Å². The summed E-state index contributed by atoms with van der Waals surface area (Å²) in [6.07, 6.45) is 3.14. The Balaban J connectivity index is 2.53. The van der Waals surface area contributed by atoms with Gasteiger partial charge in [0.05, 0.1) is 12.1 Å². The predicted molar refractivity (Wildman–Crippen MR) is 63.4 cm³/mol. The average Bonchev–Trinajstić information content (AvgIpc) is 2.31. The highest BCUT2D eigenvalue weighted by molar-refractivity contribution is 6.32. The molecule has 0 atom stereocenters. The van der Waals surface area contributed by atoms with Gasteiger partial charge in [-0.1, -0.05) is 17.7 Å². The van der Waals surface area contributed by atoms with E-state index < -0.39 is 0 Å². The fraction of sp³-hybridized carbons (Fsp3) is 0.0909. The third-order valence-electron chi connectivity index (χ3n) is 2.15. The Bertz CT molecular complexity index is 516. The lowest BCUT2D eigenvalue weighted by molar-refractivity contribution is 0.415. The molecule has 0 aliphatic rings. The molecule has 16 heavy (non-hydrogen) atoms. The van der Waals surface area contributed by atoms with Crippen molar-refractivity contribution in [1.29, 1.82) is 0 Å². The van der Waals surface area contributed by atoms with Crippen LogP contribution in [0.15, 0.2) is 30.6 Å². The van der Waals surface area contributed by atoms with Gasteiger partial charge in [-0.2, -0.15) is 0 Å². The number of rotatable bonds is 2. The van der Waals surface area contributed by atoms with Gasteiger partial charge in [-0.25, -0.2) is 4.98 Å². The molecule has 0 aliphatic carbocycles. The Morgan fingerprint density at radius 2 is 2.00 bits per heavy atom. The summed E-state index contributed by atoms with van der Waals surface area (Å²) in [7, 11) is 1.56. The monoisotopic (exact) mass is 235 g/mol. The zero-order chi connectivity index (χ0) is 11.5. The van der Waals surface area contributed by atoms with Gasteiger partial charge >= 0.3 is 0 Å². The van der Waals surface area contributed by atoms with Gasteiger partial charge in [0.2, 0.25) is 0 Å². The van der Waals surface area contributed by atoms with Gasteiger partial charge in [0.1, 0.15) is 17.3 Å². The Morgan fingerprint density at radius 1 is 1.25 bits per heavy atom. The van der Waals surface area contributed by atoms with Crippen molar-refractivity contribution in [2.24, 2.45) is 0 Å². The molecule has 0 aliphatic heterocycles. The average molecular weight is 236 g/mol. The number of nitrogens with two attached hydrogens (primary N) is 1. The first kappa shape index (κ1) is 10.7. The molecule has 0 amide bonds. The number of anilines is 1. The highest BCUT2D eigenvalue weighted by Crippen LogP contribution is 2.30. The summed E-state index contributed by atoms with van der Waals surface area (Å²) >= 11 is 5.93. The first-order chi connectivity index (χ1) is 7.72. The molecule has 0 unspecified atom stereocenters. The second-order valence-corrected chi connectivity index (χ2v) is 3.55. The molecule has 0 bridgehead atoms. The number of nitrogen functional groups attached to an aromatic ring is 1. The van der Waals surface area contributed by atoms with Gasteiger partial charge in [-0.15, -0.1) is 0 Å². The van der Waals surface area contributed by atoms with Crippen LogP contribution < -0.4 is 10.5 Å². The lowest BCUT2D eigenvalue weighted by Gasteiger charge is -2.07. The summed E-state index contributed by atoms with van der Waals surface area (Å²) in [6.45, 7) is 0. The van der Waals surface area contributed by atoms with Crippen LogP contribution in [-0.2, 0) is 0 Å². The van der Waals surface area contributed by atoms with Crippen LogP contribution in [0.1, 0.15) is 0 Å². The maximum Gasteiger partial charge on any atom is 0.149 e. The van der Waals surface area contributed by atoms with E-state index in [1.54, 1.807) is 31.6 Å². The third-order valence-corrected chi connectivity index (χ3v) is 2.46. The molecule has 0 spiro atoms. The van der Waals surface area contributed by atoms with Crippen LogP contribution in [0.25, 0.3) is 11.3 Å². The summed E-state index contributed by atoms with van der Waals surface area (Å²) in [4.78, 5) is 8.14. The maximum absolute atomic E-state index is 5.93. The number of nitrogens with zero attached hydrogens (tertiary/aromatic N) is 2. The van der Waals surface area contributed by atoms with Crippen LogP contribution in [0.3, 0.4) is 0 Å². The molecule has 0 fully saturated rings. The van der Waals surface area contributed by atoms with Crippen LogP contribution in [0.4, 0.5) is 5.82 Å². The van der Waals surface area contributed by atoms with E-state index in [9.17, 15) is 0 Å². The Morgan fingerprint density at radius 3 is 2.69 bits per heavy atom. The van der Waals surface area contributed by atoms with Crippen molar-refractivity contribution in [2.75, 3.05) is 12.8 Å². The molecule has 2 N–H and O–H groups in total. The van der Waals surface area contributed by atoms with E-state index in [-0.39, 0.29) is 0 Å². The fourth-order valence-electron chi connectivity index (χ4n) is 1.38. The molecular formula is C11H10ClN3O. The minimum Gasteiger partial charge on any atom is -0.495 e. The molecular weight excluding hydrogens is 226 g/mol. The fourth-order valence-corrected chi connectivity index (χ4v) is 1.57. The van der Waals surface area contributed by atoms with Gasteiger partial charge in [0.15, 0.2) is 0 Å². The Labute approximate surface area is 98.0 Å². The molecule has 0 radical (unpaired) electrons. The molecule has 1 aromatic heterocycles. The lowest BCUT2D eigenvalue weighted by Crippen LogP contribution is -1.96. The van der Waals surface area contributed by atoms with Crippen molar-refractivity contribution < 1.29 is 4.74 Å². The van der Waals surface area contributed by atoms with Gasteiger partial charge in [0.25, 0.3) is 0 Å². The third kappa shape index (κ3) is 1.92. The van der Waals surface area contributed by atoms with E-state index in [4.69, 9.17) is 22.1 Å². The zero-order valence-corrected chi connectivity index (χ0v) is 9.40. The molecule has 1 heterocycles. The number of hydrogen-bond acceptors (Lipinski definition) is 4. The summed E-state index contributed by atoms with van der Waals surface area (Å²) in [6, 6.07) is 5.35. The van der Waals surface area contributed by atoms with Crippen molar-refractivity contribution >= 4 is 17.4 Å². The van der Waals surface area contributed by atoms with Crippen molar-refractivity contribution in [3.63, 3.8) is 0 Å². The van der Waals surface area contributed by atoms with Crippen molar-refractivity contribution in [2.45, 2.75) is 0 Å². The van der Waals surface area contributed by atoms with Crippen molar-refractivity contribution in [3.8, 4) is 17.0 Å². The quantitative estimate of drug-likeness (QED) is 0.868. The zero-order valence-electron chi connectivity index (χ0n) is 8.64. The second kappa shape index (κ2) is 4.37. The first-order valence-corrected chi connectivity index (χ1v) is 5.00. The maximum atomic E-state index is 5.93. The van der Waals surface area contributed by atoms with E-state index in [1.165, 1.54) is 0 Å². The van der Waals surface area contributed by atoms with E-state index in [0.717, 1.165) is 5.56 Å². The molecule has 2 aromatic rings. The molecule has 2 rings (SSSR count). The number of benzene rings is 1. The van der Waals surface area contributed by atoms with Gasteiger partial charge in [-0.05, 0) is 12.1 Å². The molecule has 1 aromatic carbocycles. The Kier molecular flexibility index (Phi) is 2.92. The first-order valence-electron chi connectivity index (χ1n) is 4.63. The SMILES string of the molecule is COc1cc(-c2nccnc2N)ccc1Cl. The van der Waals surface area contributed by atoms with E-state index >= 15 is 0 Å². The highest BCUT2D eigenvalue weighted by Gasteiger charge is 2.08. The number of aromatic nitrogens is 2. The number of ether oxygens (including phenoxy) is 1. The summed E-state index contributed by atoms with van der Waals surface area (Å²) in [5, 5.41) is 0.550. The lowest BCUT2D eigenvalue weighted by atomic mass is 10.1. The molecule has 82 valence electrons. The van der Waals surface area contributed by atoms with Gasteiger partial charge in [0, 0.05) is 18.0 Å². The van der Waals surface area contributed by atoms with Gasteiger partial charge < -0.3 is 10.5 Å². The van der Waals surface area contributed by atoms with Crippen LogP contribution in [0.2, 0.25) is 5.02 Å². The van der Waals surface area contributed by atoms with Crippen LogP contribution in [0, 0.1) is 0 Å². The van der Waals surface area contributed by atoms with Crippen molar-refractivity contribution in [1.82, 2.24) is 9.97 Å². The minimum absolute atomic E-state index is 0.381.